The molecule has 0 unspecified atom stereocenters. The van der Waals surface area contributed by atoms with Gasteiger partial charge in [0.2, 0.25) is 0 Å². The summed E-state index contributed by atoms with van der Waals surface area (Å²) in [6, 6.07) is 12.8. The lowest BCUT2D eigenvalue weighted by Gasteiger charge is -2.22. The van der Waals surface area contributed by atoms with E-state index in [4.69, 9.17) is 4.74 Å². The largest absolute Gasteiger partial charge is 0.484 e. The number of nitrogens with zero attached hydrogens (tertiary/aromatic N) is 3. The molecule has 0 atom stereocenters. The Kier molecular flexibility index (Phi) is 9.25. The highest BCUT2D eigenvalue weighted by molar-refractivity contribution is 7.91. The lowest BCUT2D eigenvalue weighted by atomic mass is 10.0. The maximum atomic E-state index is 13.1. The summed E-state index contributed by atoms with van der Waals surface area (Å²) in [5.74, 6) is 0.807. The number of likely N-dealkylation sites (N-methyl/N-ethyl adjacent to an activating group) is 1. The first-order chi connectivity index (χ1) is 15.1. The van der Waals surface area contributed by atoms with Crippen LogP contribution in [0.1, 0.15) is 25.3 Å². The average molecular weight is 512 g/mol. The monoisotopic (exact) mass is 511 g/mol. The zero-order chi connectivity index (χ0) is 23.5. The van der Waals surface area contributed by atoms with Crippen molar-refractivity contribution < 1.29 is 17.9 Å². The third-order valence-corrected chi connectivity index (χ3v) is 7.15. The molecule has 0 fully saturated rings. The van der Waals surface area contributed by atoms with E-state index in [0.29, 0.717) is 35.4 Å². The van der Waals surface area contributed by atoms with Crippen LogP contribution >= 0.6 is 23.7 Å². The number of sulfone groups is 1. The quantitative estimate of drug-likeness (QED) is 0.428. The third-order valence-electron chi connectivity index (χ3n) is 4.98. The van der Waals surface area contributed by atoms with Crippen LogP contribution in [0.25, 0.3) is 10.2 Å². The smallest absolute Gasteiger partial charge is 0.266 e. The molecule has 0 N–H and O–H groups in total. The fourth-order valence-electron chi connectivity index (χ4n) is 3.13. The predicted octanol–water partition coefficient (Wildman–Crippen LogP) is 4.22. The third kappa shape index (κ3) is 6.89. The molecule has 1 heterocycles. The van der Waals surface area contributed by atoms with Crippen molar-refractivity contribution in [3.63, 3.8) is 0 Å². The van der Waals surface area contributed by atoms with Crippen molar-refractivity contribution >= 4 is 54.8 Å². The van der Waals surface area contributed by atoms with Gasteiger partial charge in [0.05, 0.1) is 9.60 Å². The number of rotatable bonds is 9. The van der Waals surface area contributed by atoms with E-state index in [-0.39, 0.29) is 29.8 Å². The number of hydrogen-bond donors (Lipinski definition) is 0. The van der Waals surface area contributed by atoms with Gasteiger partial charge in [-0.15, -0.1) is 12.4 Å². The minimum atomic E-state index is -3.44. The van der Waals surface area contributed by atoms with Crippen molar-refractivity contribution in [2.24, 2.45) is 0 Å². The Morgan fingerprint density at radius 2 is 1.76 bits per heavy atom. The van der Waals surface area contributed by atoms with Crippen LogP contribution in [0.5, 0.6) is 5.75 Å². The van der Waals surface area contributed by atoms with Crippen molar-refractivity contribution in [2.75, 3.05) is 44.9 Å². The van der Waals surface area contributed by atoms with Crippen molar-refractivity contribution in [3.05, 3.63) is 48.0 Å². The SMILES string of the molecule is CC(C)c1ccc(OCC(=O)N(CCN(C)C)c2nc3c(S(C)(=O)=O)cccc3s2)cc1.Cl. The number of carbonyl (C=O) groups excluding carboxylic acids is 1. The molecule has 0 aliphatic carbocycles. The van der Waals surface area contributed by atoms with Crippen molar-refractivity contribution in [2.45, 2.75) is 24.7 Å². The summed E-state index contributed by atoms with van der Waals surface area (Å²) in [4.78, 5) is 21.3. The van der Waals surface area contributed by atoms with Gasteiger partial charge in [-0.1, -0.05) is 43.4 Å². The van der Waals surface area contributed by atoms with Crippen LogP contribution in [0, 0.1) is 0 Å². The Bertz CT molecular complexity index is 1190. The van der Waals surface area contributed by atoms with Crippen molar-refractivity contribution in [1.82, 2.24) is 9.88 Å². The highest BCUT2D eigenvalue weighted by atomic mass is 35.5. The zero-order valence-corrected chi connectivity index (χ0v) is 21.9. The van der Waals surface area contributed by atoms with Gasteiger partial charge in [0, 0.05) is 19.3 Å². The number of anilines is 1. The summed E-state index contributed by atoms with van der Waals surface area (Å²) < 4.78 is 30.8. The van der Waals surface area contributed by atoms with Gasteiger partial charge in [-0.3, -0.25) is 9.69 Å². The van der Waals surface area contributed by atoms with Gasteiger partial charge in [0.25, 0.3) is 5.91 Å². The Balaban J connectivity index is 0.00000385. The van der Waals surface area contributed by atoms with Crippen LogP contribution in [-0.4, -0.2) is 64.3 Å². The van der Waals surface area contributed by atoms with Crippen LogP contribution in [0.4, 0.5) is 5.13 Å². The van der Waals surface area contributed by atoms with Gasteiger partial charge in [0.15, 0.2) is 21.6 Å². The van der Waals surface area contributed by atoms with Crippen LogP contribution in [0.15, 0.2) is 47.4 Å². The molecule has 0 aliphatic heterocycles. The standard InChI is InChI=1S/C23H29N3O4S2.ClH/c1-16(2)17-9-11-18(12-10-17)30-15-21(27)26(14-13-25(3)4)23-24-22-19(31-23)7-6-8-20(22)32(5,28)29;/h6-12,16H,13-15H2,1-5H3;1H. The number of benzene rings is 2. The molecule has 3 rings (SSSR count). The minimum Gasteiger partial charge on any atom is -0.484 e. The predicted molar refractivity (Wildman–Crippen MR) is 137 cm³/mol. The van der Waals surface area contributed by atoms with Gasteiger partial charge < -0.3 is 9.64 Å². The van der Waals surface area contributed by atoms with Crippen molar-refractivity contribution in [1.29, 1.82) is 0 Å². The first-order valence-corrected chi connectivity index (χ1v) is 13.0. The molecule has 1 aromatic heterocycles. The van der Waals surface area contributed by atoms with E-state index in [0.717, 1.165) is 11.0 Å². The maximum absolute atomic E-state index is 13.1. The van der Waals surface area contributed by atoms with E-state index in [9.17, 15) is 13.2 Å². The molecule has 7 nitrogen and oxygen atoms in total. The van der Waals surface area contributed by atoms with Crippen LogP contribution in [0.3, 0.4) is 0 Å². The Hall–Kier alpha value is -2.20. The fraction of sp³-hybridized carbons (Fsp3) is 0.391. The van der Waals surface area contributed by atoms with E-state index >= 15 is 0 Å². The van der Waals surface area contributed by atoms with Crippen LogP contribution in [0.2, 0.25) is 0 Å². The number of halogens is 1. The van der Waals surface area contributed by atoms with Gasteiger partial charge in [-0.05, 0) is 49.8 Å². The van der Waals surface area contributed by atoms with E-state index in [1.807, 2.05) is 49.3 Å². The van der Waals surface area contributed by atoms with Crippen LogP contribution < -0.4 is 9.64 Å². The first kappa shape index (κ1) is 27.0. The Morgan fingerprint density at radius 1 is 1.09 bits per heavy atom. The molecule has 2 aromatic carbocycles. The topological polar surface area (TPSA) is 79.8 Å². The summed E-state index contributed by atoms with van der Waals surface area (Å²) in [6.07, 6.45) is 1.16. The molecular weight excluding hydrogens is 482 g/mol. The summed E-state index contributed by atoms with van der Waals surface area (Å²) >= 11 is 1.30. The van der Waals surface area contributed by atoms with Crippen molar-refractivity contribution in [3.8, 4) is 5.75 Å². The van der Waals surface area contributed by atoms with Gasteiger partial charge >= 0.3 is 0 Å². The number of amides is 1. The number of thiazole rings is 1. The maximum Gasteiger partial charge on any atom is 0.266 e. The molecule has 0 spiro atoms. The van der Waals surface area contributed by atoms with E-state index in [1.165, 1.54) is 23.0 Å². The number of aromatic nitrogens is 1. The molecule has 33 heavy (non-hydrogen) atoms. The second kappa shape index (κ2) is 11.3. The lowest BCUT2D eigenvalue weighted by molar-refractivity contribution is -0.120. The second-order valence-electron chi connectivity index (χ2n) is 8.23. The molecule has 0 aliphatic rings. The Labute approximate surface area is 205 Å². The lowest BCUT2D eigenvalue weighted by Crippen LogP contribution is -2.39. The highest BCUT2D eigenvalue weighted by Crippen LogP contribution is 2.32. The van der Waals surface area contributed by atoms with Crippen LogP contribution in [-0.2, 0) is 14.6 Å². The molecule has 0 saturated carbocycles. The number of para-hydroxylation sites is 1. The number of ether oxygens (including phenoxy) is 1. The van der Waals surface area contributed by atoms with E-state index in [1.54, 1.807) is 11.0 Å². The molecular formula is C23H30ClN3O4S2. The highest BCUT2D eigenvalue weighted by Gasteiger charge is 2.23. The summed E-state index contributed by atoms with van der Waals surface area (Å²) in [7, 11) is 0.416. The molecule has 3 aromatic rings. The molecule has 0 saturated heterocycles. The molecule has 0 bridgehead atoms. The molecule has 1 amide bonds. The van der Waals surface area contributed by atoms with Gasteiger partial charge in [-0.25, -0.2) is 13.4 Å². The summed E-state index contributed by atoms with van der Waals surface area (Å²) in [5.41, 5.74) is 1.59. The second-order valence-corrected chi connectivity index (χ2v) is 11.2. The van der Waals surface area contributed by atoms with E-state index < -0.39 is 9.84 Å². The number of hydrogen-bond acceptors (Lipinski definition) is 7. The average Bonchev–Trinajstić information content (AvgIpc) is 3.15. The molecule has 0 radical (unpaired) electrons. The van der Waals surface area contributed by atoms with Gasteiger partial charge in [-0.2, -0.15) is 0 Å². The fourth-order valence-corrected chi connectivity index (χ4v) is 5.06. The number of fused-ring (bicyclic) bond motifs is 1. The summed E-state index contributed by atoms with van der Waals surface area (Å²) in [6.45, 7) is 5.15. The van der Waals surface area contributed by atoms with Gasteiger partial charge in [0.1, 0.15) is 11.3 Å². The zero-order valence-electron chi connectivity index (χ0n) is 19.4. The number of carbonyl (C=O) groups is 1. The molecule has 10 heteroatoms. The summed E-state index contributed by atoms with van der Waals surface area (Å²) in [5, 5.41) is 0.460. The first-order valence-electron chi connectivity index (χ1n) is 10.3. The minimum absolute atomic E-state index is 0. The molecule has 180 valence electrons. The Morgan fingerprint density at radius 3 is 2.33 bits per heavy atom. The normalized spacial score (nSPS) is 11.6. The van der Waals surface area contributed by atoms with E-state index in [2.05, 4.69) is 18.8 Å².